The van der Waals surface area contributed by atoms with Crippen molar-refractivity contribution in [3.63, 3.8) is 0 Å². The van der Waals surface area contributed by atoms with Gasteiger partial charge in [-0.3, -0.25) is 4.90 Å². The van der Waals surface area contributed by atoms with E-state index in [9.17, 15) is 0 Å². The first-order valence-electron chi connectivity index (χ1n) is 6.24. The molecular weight excluding hydrogens is 172 g/mol. The monoisotopic (exact) mass is 194 g/mol. The minimum atomic E-state index is 0.435. The number of rotatable bonds is 2. The molecule has 80 valence electrons. The molecule has 3 fully saturated rings. The van der Waals surface area contributed by atoms with Crippen LogP contribution in [0.5, 0.6) is 0 Å². The third-order valence-electron chi connectivity index (χ3n) is 4.53. The van der Waals surface area contributed by atoms with Gasteiger partial charge in [0.05, 0.1) is 0 Å². The highest BCUT2D eigenvalue weighted by Gasteiger charge is 2.41. The van der Waals surface area contributed by atoms with E-state index in [0.29, 0.717) is 5.54 Å². The highest BCUT2D eigenvalue weighted by molar-refractivity contribution is 4.98. The maximum Gasteiger partial charge on any atom is 0.0281 e. The zero-order chi connectivity index (χ0) is 9.60. The fourth-order valence-corrected chi connectivity index (χ4v) is 3.76. The van der Waals surface area contributed by atoms with Crippen molar-refractivity contribution in [2.45, 2.75) is 50.6 Å². The van der Waals surface area contributed by atoms with Gasteiger partial charge < -0.3 is 5.32 Å². The number of nitrogens with zero attached hydrogens (tertiary/aromatic N) is 1. The summed E-state index contributed by atoms with van der Waals surface area (Å²) in [6.07, 6.45) is 7.22. The van der Waals surface area contributed by atoms with Crippen LogP contribution < -0.4 is 5.32 Å². The number of nitrogens with one attached hydrogen (secondary N) is 1. The first-order valence-corrected chi connectivity index (χ1v) is 6.24. The summed E-state index contributed by atoms with van der Waals surface area (Å²) in [4.78, 5) is 2.76. The molecule has 14 heavy (non-hydrogen) atoms. The highest BCUT2D eigenvalue weighted by atomic mass is 15.2. The van der Waals surface area contributed by atoms with Crippen molar-refractivity contribution in [3.8, 4) is 0 Å². The first-order chi connectivity index (χ1) is 6.75. The molecule has 2 saturated heterocycles. The molecule has 0 radical (unpaired) electrons. The van der Waals surface area contributed by atoms with E-state index in [1.807, 2.05) is 0 Å². The Hall–Kier alpha value is -0.0800. The first kappa shape index (κ1) is 9.17. The Morgan fingerprint density at radius 3 is 2.93 bits per heavy atom. The number of likely N-dealkylation sites (tertiary alicyclic amines) is 1. The lowest BCUT2D eigenvalue weighted by Crippen LogP contribution is -2.49. The van der Waals surface area contributed by atoms with Gasteiger partial charge in [0.15, 0.2) is 0 Å². The molecular formula is C12H22N2. The van der Waals surface area contributed by atoms with Gasteiger partial charge in [-0.2, -0.15) is 0 Å². The van der Waals surface area contributed by atoms with Crippen LogP contribution >= 0.6 is 0 Å². The molecule has 0 aromatic rings. The molecule has 2 heterocycles. The summed E-state index contributed by atoms with van der Waals surface area (Å²) in [5.74, 6) is 1.05. The zero-order valence-electron chi connectivity index (χ0n) is 9.26. The minimum absolute atomic E-state index is 0.435. The van der Waals surface area contributed by atoms with Crippen molar-refractivity contribution in [2.75, 3.05) is 19.6 Å². The van der Waals surface area contributed by atoms with Crippen LogP contribution in [0.4, 0.5) is 0 Å². The van der Waals surface area contributed by atoms with Crippen LogP contribution in [-0.4, -0.2) is 36.1 Å². The third-order valence-corrected chi connectivity index (χ3v) is 4.53. The molecule has 3 aliphatic rings. The smallest absolute Gasteiger partial charge is 0.0281 e. The van der Waals surface area contributed by atoms with Gasteiger partial charge in [0.1, 0.15) is 0 Å². The number of hydrogen-bond acceptors (Lipinski definition) is 2. The number of fused-ring (bicyclic) bond motifs is 2. The van der Waals surface area contributed by atoms with Crippen molar-refractivity contribution in [2.24, 2.45) is 5.92 Å². The van der Waals surface area contributed by atoms with Gasteiger partial charge in [-0.15, -0.1) is 0 Å². The molecule has 3 atom stereocenters. The van der Waals surface area contributed by atoms with E-state index in [0.717, 1.165) is 12.0 Å². The van der Waals surface area contributed by atoms with Gasteiger partial charge in [0.25, 0.3) is 0 Å². The van der Waals surface area contributed by atoms with Crippen molar-refractivity contribution < 1.29 is 0 Å². The quantitative estimate of drug-likeness (QED) is 0.718. The summed E-state index contributed by atoms with van der Waals surface area (Å²) in [7, 11) is 0. The van der Waals surface area contributed by atoms with E-state index in [1.54, 1.807) is 0 Å². The van der Waals surface area contributed by atoms with E-state index < -0.39 is 0 Å². The number of hydrogen-bond donors (Lipinski definition) is 1. The lowest BCUT2D eigenvalue weighted by atomic mass is 9.98. The molecule has 1 N–H and O–H groups in total. The van der Waals surface area contributed by atoms with Crippen molar-refractivity contribution >= 4 is 0 Å². The van der Waals surface area contributed by atoms with Gasteiger partial charge in [-0.25, -0.2) is 0 Å². The summed E-state index contributed by atoms with van der Waals surface area (Å²) < 4.78 is 0. The average molecular weight is 194 g/mol. The molecule has 0 spiro atoms. The summed E-state index contributed by atoms with van der Waals surface area (Å²) in [5, 5.41) is 3.68. The molecule has 2 heteroatoms. The Kier molecular flexibility index (Phi) is 2.10. The van der Waals surface area contributed by atoms with Crippen LogP contribution in [0.2, 0.25) is 0 Å². The van der Waals surface area contributed by atoms with E-state index in [2.05, 4.69) is 17.1 Å². The largest absolute Gasteiger partial charge is 0.310 e. The topological polar surface area (TPSA) is 15.3 Å². The Balaban J connectivity index is 1.62. The maximum absolute atomic E-state index is 3.68. The van der Waals surface area contributed by atoms with E-state index in [1.165, 1.54) is 51.7 Å². The van der Waals surface area contributed by atoms with Crippen LogP contribution in [-0.2, 0) is 0 Å². The summed E-state index contributed by atoms with van der Waals surface area (Å²) in [5.41, 5.74) is 0.435. The molecule has 1 aliphatic carbocycles. The SMILES string of the molecule is CC1(CN2CC3CCC2C3)CCCN1. The van der Waals surface area contributed by atoms with Crippen molar-refractivity contribution in [1.29, 1.82) is 0 Å². The second-order valence-electron chi connectivity index (χ2n) is 5.85. The van der Waals surface area contributed by atoms with Crippen molar-refractivity contribution in [3.05, 3.63) is 0 Å². The van der Waals surface area contributed by atoms with E-state index in [-0.39, 0.29) is 0 Å². The Bertz CT molecular complexity index is 220. The van der Waals surface area contributed by atoms with Gasteiger partial charge >= 0.3 is 0 Å². The van der Waals surface area contributed by atoms with Gasteiger partial charge in [0.2, 0.25) is 0 Å². The predicted molar refractivity (Wildman–Crippen MR) is 58.3 cm³/mol. The molecule has 0 aromatic carbocycles. The summed E-state index contributed by atoms with van der Waals surface area (Å²) >= 11 is 0. The van der Waals surface area contributed by atoms with Crippen LogP contribution in [0.15, 0.2) is 0 Å². The third kappa shape index (κ3) is 1.49. The standard InChI is InChI=1S/C12H22N2/c1-12(5-2-6-13-12)9-14-8-10-3-4-11(14)7-10/h10-11,13H,2-9H2,1H3. The van der Waals surface area contributed by atoms with Crippen LogP contribution in [0.3, 0.4) is 0 Å². The van der Waals surface area contributed by atoms with Crippen LogP contribution in [0, 0.1) is 5.92 Å². The molecule has 2 bridgehead atoms. The maximum atomic E-state index is 3.68. The van der Waals surface area contributed by atoms with Gasteiger partial charge in [-0.05, 0) is 51.5 Å². The molecule has 0 amide bonds. The normalized spacial score (nSPS) is 47.8. The molecule has 2 aliphatic heterocycles. The second-order valence-corrected chi connectivity index (χ2v) is 5.85. The molecule has 1 saturated carbocycles. The van der Waals surface area contributed by atoms with Gasteiger partial charge in [0, 0.05) is 24.7 Å². The van der Waals surface area contributed by atoms with Crippen molar-refractivity contribution in [1.82, 2.24) is 10.2 Å². The Morgan fingerprint density at radius 2 is 2.36 bits per heavy atom. The van der Waals surface area contributed by atoms with Crippen LogP contribution in [0.25, 0.3) is 0 Å². The fraction of sp³-hybridized carbons (Fsp3) is 1.00. The predicted octanol–water partition coefficient (Wildman–Crippen LogP) is 1.61. The molecule has 3 rings (SSSR count). The minimum Gasteiger partial charge on any atom is -0.310 e. The molecule has 3 unspecified atom stereocenters. The van der Waals surface area contributed by atoms with Crippen LogP contribution in [0.1, 0.15) is 39.0 Å². The summed E-state index contributed by atoms with van der Waals surface area (Å²) in [6.45, 7) is 6.33. The molecule has 2 nitrogen and oxygen atoms in total. The second kappa shape index (κ2) is 3.21. The highest BCUT2D eigenvalue weighted by Crippen LogP contribution is 2.38. The van der Waals surface area contributed by atoms with Gasteiger partial charge in [-0.1, -0.05) is 0 Å². The lowest BCUT2D eigenvalue weighted by Gasteiger charge is -2.35. The fourth-order valence-electron chi connectivity index (χ4n) is 3.76. The number of piperidine rings is 1. The Morgan fingerprint density at radius 1 is 1.43 bits per heavy atom. The molecule has 0 aromatic heterocycles. The average Bonchev–Trinajstić information content (AvgIpc) is 2.80. The summed E-state index contributed by atoms with van der Waals surface area (Å²) in [6, 6.07) is 0.944. The lowest BCUT2D eigenvalue weighted by molar-refractivity contribution is 0.162. The van der Waals surface area contributed by atoms with E-state index >= 15 is 0 Å². The Labute approximate surface area is 87.0 Å². The zero-order valence-corrected chi connectivity index (χ0v) is 9.26. The van der Waals surface area contributed by atoms with E-state index in [4.69, 9.17) is 0 Å².